The van der Waals surface area contributed by atoms with E-state index in [-0.39, 0.29) is 5.91 Å². The van der Waals surface area contributed by atoms with Gasteiger partial charge < -0.3 is 16.0 Å². The summed E-state index contributed by atoms with van der Waals surface area (Å²) >= 11 is 0. The first-order valence-electron chi connectivity index (χ1n) is 5.81. The molecule has 0 bridgehead atoms. The summed E-state index contributed by atoms with van der Waals surface area (Å²) in [6.07, 6.45) is 4.94. The van der Waals surface area contributed by atoms with Gasteiger partial charge in [-0.3, -0.25) is 4.79 Å². The summed E-state index contributed by atoms with van der Waals surface area (Å²) in [7, 11) is 1.78. The van der Waals surface area contributed by atoms with E-state index in [1.807, 2.05) is 0 Å². The maximum atomic E-state index is 11.8. The molecular formula is C11H21N3O2. The number of primary amides is 1. The van der Waals surface area contributed by atoms with Crippen LogP contribution in [0.4, 0.5) is 4.79 Å². The molecule has 5 nitrogen and oxygen atoms in total. The third kappa shape index (κ3) is 3.72. The van der Waals surface area contributed by atoms with E-state index in [1.165, 1.54) is 25.7 Å². The van der Waals surface area contributed by atoms with Crippen LogP contribution < -0.4 is 11.1 Å². The first kappa shape index (κ1) is 12.8. The number of urea groups is 1. The van der Waals surface area contributed by atoms with Crippen LogP contribution >= 0.6 is 0 Å². The first-order chi connectivity index (χ1) is 7.50. The van der Waals surface area contributed by atoms with Crippen LogP contribution in [0.3, 0.4) is 0 Å². The Bertz CT molecular complexity index is 262. The molecule has 92 valence electrons. The summed E-state index contributed by atoms with van der Waals surface area (Å²) in [4.78, 5) is 24.1. The molecule has 16 heavy (non-hydrogen) atoms. The number of amides is 3. The van der Waals surface area contributed by atoms with Crippen LogP contribution in [0, 0.1) is 5.92 Å². The summed E-state index contributed by atoms with van der Waals surface area (Å²) in [6.45, 7) is 2.43. The number of carbonyl (C=O) groups excluding carboxylic acids is 2. The van der Waals surface area contributed by atoms with E-state index in [0.717, 1.165) is 6.54 Å². The fourth-order valence-electron chi connectivity index (χ4n) is 2.28. The number of carbonyl (C=O) groups is 2. The van der Waals surface area contributed by atoms with Gasteiger partial charge in [0.05, 0.1) is 0 Å². The number of hydrogen-bond donors (Lipinski definition) is 2. The molecule has 3 amide bonds. The predicted octanol–water partition coefficient (Wildman–Crippen LogP) is 0.692. The third-order valence-electron chi connectivity index (χ3n) is 3.11. The second-order valence-corrected chi connectivity index (χ2v) is 4.60. The number of nitrogens with two attached hydrogens (primary N) is 1. The van der Waals surface area contributed by atoms with Gasteiger partial charge in [-0.2, -0.15) is 0 Å². The van der Waals surface area contributed by atoms with Crippen LogP contribution in [-0.2, 0) is 4.79 Å². The molecule has 1 fully saturated rings. The molecule has 0 saturated heterocycles. The fourth-order valence-corrected chi connectivity index (χ4v) is 2.28. The van der Waals surface area contributed by atoms with Gasteiger partial charge in [0, 0.05) is 13.6 Å². The van der Waals surface area contributed by atoms with Crippen LogP contribution in [0.15, 0.2) is 0 Å². The average Bonchev–Trinajstić information content (AvgIpc) is 2.68. The highest BCUT2D eigenvalue weighted by molar-refractivity contribution is 5.86. The Balaban J connectivity index is 2.36. The first-order valence-corrected chi connectivity index (χ1v) is 5.81. The van der Waals surface area contributed by atoms with Crippen molar-refractivity contribution in [3.8, 4) is 0 Å². The van der Waals surface area contributed by atoms with E-state index >= 15 is 0 Å². The lowest BCUT2D eigenvalue weighted by Crippen LogP contribution is -2.48. The van der Waals surface area contributed by atoms with Crippen molar-refractivity contribution in [3.63, 3.8) is 0 Å². The lowest BCUT2D eigenvalue weighted by atomic mass is 10.1. The van der Waals surface area contributed by atoms with Crippen LogP contribution in [0.5, 0.6) is 0 Å². The molecule has 5 heteroatoms. The van der Waals surface area contributed by atoms with E-state index in [4.69, 9.17) is 5.73 Å². The van der Waals surface area contributed by atoms with Crippen molar-refractivity contribution in [2.75, 3.05) is 13.6 Å². The molecule has 1 aliphatic rings. The molecule has 3 N–H and O–H groups in total. The van der Waals surface area contributed by atoms with Crippen molar-refractivity contribution in [1.82, 2.24) is 10.2 Å². The van der Waals surface area contributed by atoms with Crippen molar-refractivity contribution in [2.24, 2.45) is 11.7 Å². The lowest BCUT2D eigenvalue weighted by molar-refractivity contribution is -0.132. The Kier molecular flexibility index (Phi) is 4.58. The van der Waals surface area contributed by atoms with Crippen LogP contribution in [0.25, 0.3) is 0 Å². The van der Waals surface area contributed by atoms with Gasteiger partial charge in [-0.15, -0.1) is 0 Å². The molecular weight excluding hydrogens is 206 g/mol. The number of nitrogens with zero attached hydrogens (tertiary/aromatic N) is 1. The fraction of sp³-hybridized carbons (Fsp3) is 0.818. The molecule has 1 unspecified atom stereocenters. The highest BCUT2D eigenvalue weighted by Crippen LogP contribution is 2.25. The zero-order chi connectivity index (χ0) is 12.1. The number of nitrogens with one attached hydrogen (secondary N) is 1. The Labute approximate surface area is 96.4 Å². The molecule has 1 saturated carbocycles. The number of hydrogen-bond acceptors (Lipinski definition) is 2. The van der Waals surface area contributed by atoms with E-state index in [2.05, 4.69) is 5.32 Å². The van der Waals surface area contributed by atoms with Crippen LogP contribution in [-0.4, -0.2) is 36.5 Å². The molecule has 0 aromatic carbocycles. The summed E-state index contributed by atoms with van der Waals surface area (Å²) in [6, 6.07) is -1.20. The maximum Gasteiger partial charge on any atom is 0.312 e. The van der Waals surface area contributed by atoms with Gasteiger partial charge in [-0.25, -0.2) is 4.79 Å². The molecule has 0 heterocycles. The molecule has 0 aliphatic heterocycles. The Morgan fingerprint density at radius 3 is 2.50 bits per heavy atom. The van der Waals surface area contributed by atoms with E-state index < -0.39 is 12.1 Å². The molecule has 0 aromatic rings. The van der Waals surface area contributed by atoms with Gasteiger partial charge in [0.1, 0.15) is 6.04 Å². The minimum Gasteiger partial charge on any atom is -0.352 e. The highest BCUT2D eigenvalue weighted by atomic mass is 16.2. The largest absolute Gasteiger partial charge is 0.352 e. The topological polar surface area (TPSA) is 75.4 Å². The SMILES string of the molecule is CC(NC(N)=O)C(=O)N(C)CC1CCCC1. The monoisotopic (exact) mass is 227 g/mol. The minimum absolute atomic E-state index is 0.0781. The molecule has 0 radical (unpaired) electrons. The maximum absolute atomic E-state index is 11.8. The van der Waals surface area contributed by atoms with Gasteiger partial charge in [-0.05, 0) is 25.7 Å². The Hall–Kier alpha value is -1.26. The summed E-state index contributed by atoms with van der Waals surface area (Å²) in [5, 5.41) is 2.40. The van der Waals surface area contributed by atoms with Crippen molar-refractivity contribution >= 4 is 11.9 Å². The van der Waals surface area contributed by atoms with Crippen LogP contribution in [0.2, 0.25) is 0 Å². The summed E-state index contributed by atoms with van der Waals surface area (Å²) in [5.74, 6) is 0.542. The third-order valence-corrected chi connectivity index (χ3v) is 3.11. The van der Waals surface area contributed by atoms with Gasteiger partial charge >= 0.3 is 6.03 Å². The Morgan fingerprint density at radius 2 is 2.00 bits per heavy atom. The van der Waals surface area contributed by atoms with E-state index in [0.29, 0.717) is 5.92 Å². The molecule has 0 spiro atoms. The highest BCUT2D eigenvalue weighted by Gasteiger charge is 2.22. The number of rotatable bonds is 4. The molecule has 1 rings (SSSR count). The van der Waals surface area contributed by atoms with Gasteiger partial charge in [0.2, 0.25) is 5.91 Å². The summed E-state index contributed by atoms with van der Waals surface area (Å²) in [5.41, 5.74) is 4.97. The van der Waals surface area contributed by atoms with E-state index in [9.17, 15) is 9.59 Å². The molecule has 0 aromatic heterocycles. The van der Waals surface area contributed by atoms with Gasteiger partial charge in [0.15, 0.2) is 0 Å². The zero-order valence-electron chi connectivity index (χ0n) is 10.0. The van der Waals surface area contributed by atoms with Crippen molar-refractivity contribution in [1.29, 1.82) is 0 Å². The second-order valence-electron chi connectivity index (χ2n) is 4.60. The number of likely N-dealkylation sites (N-methyl/N-ethyl adjacent to an activating group) is 1. The second kappa shape index (κ2) is 5.72. The summed E-state index contributed by atoms with van der Waals surface area (Å²) < 4.78 is 0. The average molecular weight is 227 g/mol. The molecule has 1 atom stereocenters. The normalized spacial score (nSPS) is 18.1. The van der Waals surface area contributed by atoms with E-state index in [1.54, 1.807) is 18.9 Å². The van der Waals surface area contributed by atoms with Crippen LogP contribution in [0.1, 0.15) is 32.6 Å². The lowest BCUT2D eigenvalue weighted by Gasteiger charge is -2.24. The van der Waals surface area contributed by atoms with Crippen molar-refractivity contribution < 1.29 is 9.59 Å². The quantitative estimate of drug-likeness (QED) is 0.741. The predicted molar refractivity (Wildman–Crippen MR) is 61.8 cm³/mol. The minimum atomic E-state index is -0.657. The van der Waals surface area contributed by atoms with Crippen molar-refractivity contribution in [3.05, 3.63) is 0 Å². The standard InChI is InChI=1S/C11H21N3O2/c1-8(13-11(12)16)10(15)14(2)7-9-5-3-4-6-9/h8-9H,3-7H2,1-2H3,(H3,12,13,16). The smallest absolute Gasteiger partial charge is 0.312 e. The van der Waals surface area contributed by atoms with Gasteiger partial charge in [-0.1, -0.05) is 12.8 Å². The van der Waals surface area contributed by atoms with Crippen molar-refractivity contribution in [2.45, 2.75) is 38.6 Å². The Morgan fingerprint density at radius 1 is 1.44 bits per heavy atom. The molecule has 1 aliphatic carbocycles. The van der Waals surface area contributed by atoms with Gasteiger partial charge in [0.25, 0.3) is 0 Å². The zero-order valence-corrected chi connectivity index (χ0v) is 10.0.